The second kappa shape index (κ2) is 47.0. The summed E-state index contributed by atoms with van der Waals surface area (Å²) in [7, 11) is 4.16. The number of fused-ring (bicyclic) bond motifs is 4. The third-order valence-corrected chi connectivity index (χ3v) is 25.6. The number of aromatic amines is 1. The van der Waals surface area contributed by atoms with Gasteiger partial charge < -0.3 is 120 Å². The number of amides is 16. The molecule has 0 radical (unpaired) electrons. The van der Waals surface area contributed by atoms with Crippen LogP contribution in [0.4, 0.5) is 0 Å². The van der Waals surface area contributed by atoms with Crippen molar-refractivity contribution in [2.75, 3.05) is 53.9 Å². The van der Waals surface area contributed by atoms with E-state index in [1.807, 2.05) is 13.8 Å². The highest BCUT2D eigenvalue weighted by molar-refractivity contribution is 6.10. The molecule has 0 bridgehead atoms. The number of carboxylic acid groups (broad SMARTS) is 2. The van der Waals surface area contributed by atoms with Crippen molar-refractivity contribution in [3.8, 4) is 5.75 Å². The van der Waals surface area contributed by atoms with Gasteiger partial charge in [0.1, 0.15) is 90.8 Å². The largest absolute Gasteiger partial charge is 0.497 e. The van der Waals surface area contributed by atoms with E-state index in [9.17, 15) is 58.5 Å². The number of benzene rings is 3. The number of nitrogens with one attached hydrogen (secondary N) is 9. The smallest absolute Gasteiger partial charge is 0.323 e. The molecular formula is C92H128N20O22. The normalized spacial score (nSPS) is 26.2. The molecule has 16 amide bonds. The minimum Gasteiger partial charge on any atom is -0.497 e. The molecule has 5 aromatic rings. The van der Waals surface area contributed by atoms with Crippen LogP contribution in [-0.4, -0.2) is 305 Å². The number of methoxy groups -OCH3 is 1. The van der Waals surface area contributed by atoms with Crippen molar-refractivity contribution >= 4 is 128 Å². The Morgan fingerprint density at radius 3 is 1.81 bits per heavy atom. The van der Waals surface area contributed by atoms with E-state index in [2.05, 4.69) is 47.5 Å². The van der Waals surface area contributed by atoms with E-state index in [1.54, 1.807) is 92.8 Å². The summed E-state index contributed by atoms with van der Waals surface area (Å²) in [5.74, 6) is -17.4. The highest BCUT2D eigenvalue weighted by Crippen LogP contribution is 2.48. The van der Waals surface area contributed by atoms with Gasteiger partial charge in [-0.3, -0.25) is 91.2 Å². The highest BCUT2D eigenvalue weighted by atomic mass is 16.5. The van der Waals surface area contributed by atoms with Gasteiger partial charge in [-0.1, -0.05) is 102 Å². The van der Waals surface area contributed by atoms with E-state index < -0.39 is 242 Å². The Balaban J connectivity index is 1.03. The molecule has 134 heavy (non-hydrogen) atoms. The molecule has 728 valence electrons. The molecule has 5 saturated heterocycles. The fourth-order valence-electron chi connectivity index (χ4n) is 18.5. The second-order valence-electron chi connectivity index (χ2n) is 35.7. The topological polar surface area (TPSA) is 617 Å². The number of likely N-dealkylation sites (N-methyl/N-ethyl adjacent to an activating group) is 2. The number of primary amides is 2. The van der Waals surface area contributed by atoms with Gasteiger partial charge in [0.25, 0.3) is 5.91 Å². The van der Waals surface area contributed by atoms with Crippen molar-refractivity contribution in [3.63, 3.8) is 0 Å². The molecule has 0 aliphatic carbocycles. The number of para-hydroxylation sites is 2. The molecule has 2 aromatic heterocycles. The van der Waals surface area contributed by atoms with Gasteiger partial charge in [0.15, 0.2) is 5.66 Å². The van der Waals surface area contributed by atoms with Crippen LogP contribution in [0.3, 0.4) is 0 Å². The van der Waals surface area contributed by atoms with E-state index in [4.69, 9.17) is 27.7 Å². The number of aromatic nitrogens is 2. The zero-order valence-electron chi connectivity index (χ0n) is 76.8. The molecule has 3 aromatic carbocycles. The predicted octanol–water partition coefficient (Wildman–Crippen LogP) is -1.21. The molecule has 7 heterocycles. The second-order valence-corrected chi connectivity index (χ2v) is 35.7. The molecule has 5 aliphatic heterocycles. The van der Waals surface area contributed by atoms with E-state index >= 15 is 43.2 Å². The lowest BCUT2D eigenvalue weighted by atomic mass is 9.97. The molecule has 15 atom stereocenters. The van der Waals surface area contributed by atoms with Crippen molar-refractivity contribution in [2.45, 2.75) is 272 Å². The van der Waals surface area contributed by atoms with Crippen LogP contribution in [0.25, 0.3) is 21.8 Å². The van der Waals surface area contributed by atoms with Crippen LogP contribution in [-0.2, 0) is 112 Å². The number of nitrogens with two attached hydrogens (primary N) is 4. The maximum absolute atomic E-state index is 15.9. The first-order chi connectivity index (χ1) is 63.9. The van der Waals surface area contributed by atoms with E-state index in [0.29, 0.717) is 82.8 Å². The number of H-pyrrole nitrogens is 1. The molecular weight excluding hydrogens is 1740 g/mol. The van der Waals surface area contributed by atoms with Crippen LogP contribution >= 0.6 is 0 Å². The maximum atomic E-state index is 15.9. The summed E-state index contributed by atoms with van der Waals surface area (Å²) in [5.41, 5.74) is 24.8. The Kier molecular flexibility index (Phi) is 36.1. The third kappa shape index (κ3) is 25.2. The molecule has 10 rings (SSSR count). The third-order valence-electron chi connectivity index (χ3n) is 25.6. The van der Waals surface area contributed by atoms with E-state index in [0.717, 1.165) is 19.6 Å². The fraction of sp³-hybridized carbons (Fsp3) is 0.565. The zero-order chi connectivity index (χ0) is 97.7. The number of rotatable bonds is 26. The summed E-state index contributed by atoms with van der Waals surface area (Å²) < 4.78 is 6.82. The number of ether oxygens (including phenoxy) is 1. The summed E-state index contributed by atoms with van der Waals surface area (Å²) in [6.45, 7) is 4.92. The fourth-order valence-corrected chi connectivity index (χ4v) is 18.5. The Labute approximate surface area is 775 Å². The van der Waals surface area contributed by atoms with Crippen LogP contribution in [0, 0.1) is 5.92 Å². The van der Waals surface area contributed by atoms with E-state index in [1.165, 1.54) is 41.8 Å². The molecule has 0 unspecified atom stereocenters. The quantitative estimate of drug-likeness (QED) is 0.0289. The van der Waals surface area contributed by atoms with Crippen LogP contribution < -0.4 is 70.2 Å². The number of hydrogen-bond donors (Lipinski definition) is 16. The summed E-state index contributed by atoms with van der Waals surface area (Å²) in [6.07, 6.45) is -0.728. The van der Waals surface area contributed by atoms with Gasteiger partial charge in [0, 0.05) is 113 Å². The van der Waals surface area contributed by atoms with Gasteiger partial charge in [-0.25, -0.2) is 0 Å². The summed E-state index contributed by atoms with van der Waals surface area (Å²) in [6, 6.07) is -0.235. The summed E-state index contributed by atoms with van der Waals surface area (Å²) in [4.78, 5) is 274. The molecule has 20 N–H and O–H groups in total. The molecule has 42 heteroatoms. The first-order valence-corrected chi connectivity index (χ1v) is 45.9. The minimum atomic E-state index is -1.90. The maximum Gasteiger partial charge on any atom is 0.323 e. The van der Waals surface area contributed by atoms with Gasteiger partial charge in [-0.15, -0.1) is 0 Å². The van der Waals surface area contributed by atoms with Crippen molar-refractivity contribution in [2.24, 2.45) is 28.9 Å². The standard InChI is InChI=1S/C92H128N20O22/c1-8-10-24-69-83(125)102-63(40-51(3)4)80(122)99-60(78(96)120)23-18-28-75(115)98-65(41-52-29-31-56(134-7)32-30-52)88(130)111-39-17-16-36-92(111)91(133)112(92)73(45-74(95)114)90(132)109-38-19-27-70(109)84(126)105-67(46-94)82(124)101-62(33-34-76(116)117)87(129)110-49-55(113)44-72(110)85(127)103-64(42-53-47-97-59-22-14-12-20-57(53)59)81(123)100-61(35-37-93)79(121)104-66(86(128)107(6)71(25-11-9-2)89(131)106(69)5)43-54-48-108(50-77(118)119)68-26-15-13-21-58(54)68/h12-15,20-22,26,29-32,47-48,51,55,60-67,69-73,97,113H,8-11,16-19,23-25,27-28,33-46,49-50,93-94H2,1-7H3,(H2,95,114)(H2,96,120)(H,98,115)(H,99,122)(H,100,123)(H,101,124)(H,102,125)(H,103,127)(H,104,121)(H,105,126)(H,116,117)(H,118,119)/t55-,60+,61+,62+,63+,64+,65+,66+,67+,69+,70+,71+,72+,73+,92-,112?/m1/s1. The van der Waals surface area contributed by atoms with Gasteiger partial charge >= 0.3 is 11.9 Å². The number of aliphatic hydroxyl groups excluding tert-OH is 1. The van der Waals surface area contributed by atoms with Crippen molar-refractivity contribution < 1.29 is 106 Å². The van der Waals surface area contributed by atoms with Crippen molar-refractivity contribution in [1.29, 1.82) is 0 Å². The minimum absolute atomic E-state index is 0.0103. The average Bonchev–Trinajstić information content (AvgIpc) is 1.52. The Hall–Kier alpha value is -13.1. The summed E-state index contributed by atoms with van der Waals surface area (Å²) in [5, 5.41) is 54.2. The number of aliphatic carboxylic acids is 2. The molecule has 1 spiro atoms. The molecule has 5 fully saturated rings. The van der Waals surface area contributed by atoms with Gasteiger partial charge in [0.2, 0.25) is 88.6 Å². The molecule has 42 nitrogen and oxygen atoms in total. The molecule has 0 saturated carbocycles. The lowest BCUT2D eigenvalue weighted by molar-refractivity contribution is -0.149. The first-order valence-electron chi connectivity index (χ1n) is 45.9. The van der Waals surface area contributed by atoms with Gasteiger partial charge in [-0.05, 0) is 130 Å². The number of hydrogen-bond acceptors (Lipinski definition) is 22. The average molecular weight is 1870 g/mol. The van der Waals surface area contributed by atoms with Gasteiger partial charge in [-0.2, -0.15) is 0 Å². The number of carbonyl (C=O) groups is 18. The zero-order valence-corrected chi connectivity index (χ0v) is 76.8. The Morgan fingerprint density at radius 2 is 1.16 bits per heavy atom. The summed E-state index contributed by atoms with van der Waals surface area (Å²) >= 11 is 0. The highest BCUT2D eigenvalue weighted by Gasteiger charge is 2.72. The van der Waals surface area contributed by atoms with E-state index in [-0.39, 0.29) is 109 Å². The number of nitrogens with zero attached hydrogens (tertiary/aromatic N) is 7. The monoisotopic (exact) mass is 1860 g/mol. The SMILES string of the molecule is CCCC[C@H]1C(=O)N(C)[C@@H](CCCC)C(=O)N[C@@H](CC(C)C)C(=O)N[C@H](C(N)=O)CCCC(=O)N[C@@H](Cc2ccc(OC)cc2)C(=O)N2CCCC[C@@]23C(=O)N3[C@@H](CC(N)=O)C(=O)N2CCC[C@H]2C(=O)N[C@@H](CN)C(=O)N[C@@H](CCC(=O)O)C(=O)N2C[C@H](O)C[C@H]2C(=O)N[C@@H](Cc2c[nH]c3ccccc23)C(=O)N[C@@H](CCN)C(=O)N[C@@H](Cc2cn(CC(=O)O)c3ccccc23)C(=O)N1C. The number of aliphatic hydroxyl groups is 1. The predicted molar refractivity (Wildman–Crippen MR) is 485 cm³/mol. The lowest BCUT2D eigenvalue weighted by Crippen LogP contribution is -2.61. The first kappa shape index (κ1) is 103. The number of carbonyl (C=O) groups excluding carboxylic acids is 16. The van der Waals surface area contributed by atoms with Gasteiger partial charge in [0.05, 0.1) is 19.6 Å². The molecule has 5 aliphatic rings. The Morgan fingerprint density at radius 1 is 0.552 bits per heavy atom. The lowest BCUT2D eigenvalue weighted by Gasteiger charge is -2.39. The van der Waals surface area contributed by atoms with Crippen molar-refractivity contribution in [3.05, 3.63) is 102 Å². The number of piperidine rings is 1. The van der Waals surface area contributed by atoms with Crippen LogP contribution in [0.1, 0.15) is 173 Å². The van der Waals surface area contributed by atoms with Crippen molar-refractivity contribution in [1.82, 2.24) is 81.5 Å². The number of carboxylic acids is 2. The van der Waals surface area contributed by atoms with Crippen LogP contribution in [0.5, 0.6) is 5.75 Å². The van der Waals surface area contributed by atoms with Crippen LogP contribution in [0.15, 0.2) is 85.2 Å². The van der Waals surface area contributed by atoms with Crippen LogP contribution in [0.2, 0.25) is 0 Å². The Bertz CT molecular complexity index is 5160. The number of unbranched alkanes of at least 4 members (excludes halogenated alkanes) is 2.